The van der Waals surface area contributed by atoms with Crippen molar-refractivity contribution in [1.29, 1.82) is 0 Å². The lowest BCUT2D eigenvalue weighted by Gasteiger charge is -2.19. The highest BCUT2D eigenvalue weighted by Gasteiger charge is 2.22. The number of hydrogen-bond acceptors (Lipinski definition) is 6. The van der Waals surface area contributed by atoms with Crippen LogP contribution in [-0.4, -0.2) is 31.4 Å². The summed E-state index contributed by atoms with van der Waals surface area (Å²) in [6, 6.07) is 45.2. The summed E-state index contributed by atoms with van der Waals surface area (Å²) in [4.78, 5) is 29.5. The van der Waals surface area contributed by atoms with Gasteiger partial charge in [-0.25, -0.2) is 9.98 Å². The van der Waals surface area contributed by atoms with Gasteiger partial charge in [-0.1, -0.05) is 60.7 Å². The minimum Gasteiger partial charge on any atom is -0.255 e. The van der Waals surface area contributed by atoms with Gasteiger partial charge in [0, 0.05) is 47.0 Å². The quantitative estimate of drug-likeness (QED) is 0.198. The molecule has 0 unspecified atom stereocenters. The molecule has 0 saturated heterocycles. The molecule has 0 spiro atoms. The van der Waals surface area contributed by atoms with Gasteiger partial charge >= 0.3 is 0 Å². The fourth-order valence-electron chi connectivity index (χ4n) is 6.22. The van der Waals surface area contributed by atoms with E-state index in [9.17, 15) is 0 Å². The van der Waals surface area contributed by atoms with Crippen molar-refractivity contribution in [1.82, 2.24) is 19.9 Å². The Morgan fingerprint density at radius 3 is 1.10 bits per heavy atom. The van der Waals surface area contributed by atoms with Crippen LogP contribution in [0.25, 0.3) is 44.3 Å². The molecule has 1 aliphatic rings. The molecule has 0 fully saturated rings. The topological polar surface area (TPSA) is 76.3 Å². The molecule has 0 amide bonds. The first-order chi connectivity index (χ1) is 23.8. The maximum absolute atomic E-state index is 5.46. The van der Waals surface area contributed by atoms with E-state index in [2.05, 4.69) is 94.9 Å². The standard InChI is InChI=1S/C42H26N6/c1-3-11-29-23-39-33(21-27(29)9-1)41(31-15-17-37(45-25-31)35-13-5-7-19-43-35)48-40-24-30-12-4-2-10-28(30)22-34(40)42(47-39)32-16-18-38(46-26-32)36-14-6-8-20-44-36/h1-26H. The maximum Gasteiger partial charge on any atom is 0.0886 e. The number of rotatable bonds is 4. The second kappa shape index (κ2) is 11.6. The molecule has 4 aromatic carbocycles. The summed E-state index contributed by atoms with van der Waals surface area (Å²) in [5, 5.41) is 4.43. The number of fused-ring (bicyclic) bond motifs is 4. The van der Waals surface area contributed by atoms with Crippen molar-refractivity contribution in [3.05, 3.63) is 181 Å². The third-order valence-corrected chi connectivity index (χ3v) is 8.63. The monoisotopic (exact) mass is 614 g/mol. The molecule has 224 valence electrons. The molecule has 0 aliphatic carbocycles. The first-order valence-corrected chi connectivity index (χ1v) is 15.8. The molecule has 6 heteroatoms. The lowest BCUT2D eigenvalue weighted by atomic mass is 9.93. The van der Waals surface area contributed by atoms with E-state index in [1.807, 2.05) is 60.9 Å². The maximum atomic E-state index is 5.46. The van der Waals surface area contributed by atoms with E-state index in [4.69, 9.17) is 20.0 Å². The summed E-state index contributed by atoms with van der Waals surface area (Å²) in [5.74, 6) is 0. The van der Waals surface area contributed by atoms with Crippen LogP contribution >= 0.6 is 0 Å². The van der Waals surface area contributed by atoms with Crippen LogP contribution in [-0.2, 0) is 0 Å². The van der Waals surface area contributed by atoms with Crippen molar-refractivity contribution in [2.45, 2.75) is 0 Å². The average molecular weight is 615 g/mol. The van der Waals surface area contributed by atoms with Gasteiger partial charge in [0.1, 0.15) is 0 Å². The molecule has 0 bridgehead atoms. The van der Waals surface area contributed by atoms with Crippen LogP contribution in [0.15, 0.2) is 168 Å². The van der Waals surface area contributed by atoms with Crippen LogP contribution in [0.2, 0.25) is 0 Å². The summed E-state index contributed by atoms with van der Waals surface area (Å²) < 4.78 is 0. The average Bonchev–Trinajstić information content (AvgIpc) is 3.16. The molecule has 4 aromatic heterocycles. The van der Waals surface area contributed by atoms with E-state index < -0.39 is 0 Å². The summed E-state index contributed by atoms with van der Waals surface area (Å²) in [7, 11) is 0. The van der Waals surface area contributed by atoms with Crippen molar-refractivity contribution >= 4 is 44.3 Å². The van der Waals surface area contributed by atoms with Crippen LogP contribution in [0.3, 0.4) is 0 Å². The van der Waals surface area contributed by atoms with Gasteiger partial charge in [0.25, 0.3) is 0 Å². The van der Waals surface area contributed by atoms with Crippen LogP contribution < -0.4 is 0 Å². The van der Waals surface area contributed by atoms with Gasteiger partial charge in [-0.05, 0) is 94.3 Å². The Labute approximate surface area is 276 Å². The number of benzene rings is 4. The highest BCUT2D eigenvalue weighted by atomic mass is 14.8. The Morgan fingerprint density at radius 1 is 0.333 bits per heavy atom. The highest BCUT2D eigenvalue weighted by Crippen LogP contribution is 2.37. The van der Waals surface area contributed by atoms with Gasteiger partial charge in [0.15, 0.2) is 0 Å². The van der Waals surface area contributed by atoms with Crippen molar-refractivity contribution in [3.63, 3.8) is 0 Å². The largest absolute Gasteiger partial charge is 0.255 e. The zero-order chi connectivity index (χ0) is 31.9. The number of hydrogen-bond donors (Lipinski definition) is 0. The third-order valence-electron chi connectivity index (χ3n) is 8.63. The smallest absolute Gasteiger partial charge is 0.0886 e. The molecule has 5 heterocycles. The fraction of sp³-hybridized carbons (Fsp3) is 0. The first-order valence-electron chi connectivity index (χ1n) is 15.8. The summed E-state index contributed by atoms with van der Waals surface area (Å²) in [6.07, 6.45) is 7.33. The van der Waals surface area contributed by atoms with Crippen LogP contribution in [0.5, 0.6) is 0 Å². The second-order valence-corrected chi connectivity index (χ2v) is 11.6. The third kappa shape index (κ3) is 5.02. The molecule has 0 N–H and O–H groups in total. The number of aliphatic imine (C=N–C) groups is 2. The predicted molar refractivity (Wildman–Crippen MR) is 193 cm³/mol. The fourth-order valence-corrected chi connectivity index (χ4v) is 6.22. The van der Waals surface area contributed by atoms with E-state index in [1.165, 1.54) is 0 Å². The second-order valence-electron chi connectivity index (χ2n) is 11.6. The summed E-state index contributed by atoms with van der Waals surface area (Å²) in [5.41, 5.74) is 10.1. The first kappa shape index (κ1) is 27.6. The molecule has 6 nitrogen and oxygen atoms in total. The van der Waals surface area contributed by atoms with Crippen molar-refractivity contribution in [2.75, 3.05) is 0 Å². The lowest BCUT2D eigenvalue weighted by Crippen LogP contribution is -2.11. The van der Waals surface area contributed by atoms with Crippen LogP contribution in [0.1, 0.15) is 22.3 Å². The molecule has 1 aliphatic heterocycles. The number of nitrogens with zero attached hydrogens (tertiary/aromatic N) is 6. The van der Waals surface area contributed by atoms with Crippen LogP contribution in [0, 0.1) is 0 Å². The van der Waals surface area contributed by atoms with Gasteiger partial charge in [0.05, 0.1) is 45.6 Å². The molecule has 48 heavy (non-hydrogen) atoms. The Kier molecular flexibility index (Phi) is 6.68. The molecule has 0 saturated carbocycles. The Balaban J connectivity index is 1.29. The molecule has 8 aromatic rings. The van der Waals surface area contributed by atoms with Gasteiger partial charge in [-0.3, -0.25) is 19.9 Å². The summed E-state index contributed by atoms with van der Waals surface area (Å²) >= 11 is 0. The molecular weight excluding hydrogens is 589 g/mol. The Morgan fingerprint density at radius 2 is 0.729 bits per heavy atom. The van der Waals surface area contributed by atoms with Gasteiger partial charge in [-0.2, -0.15) is 0 Å². The predicted octanol–water partition coefficient (Wildman–Crippen LogP) is 9.56. The van der Waals surface area contributed by atoms with E-state index in [0.717, 1.165) is 89.4 Å². The molecule has 0 radical (unpaired) electrons. The van der Waals surface area contributed by atoms with Gasteiger partial charge < -0.3 is 0 Å². The Bertz CT molecular complexity index is 2340. The minimum atomic E-state index is 0.804. The molecule has 0 atom stereocenters. The van der Waals surface area contributed by atoms with E-state index in [0.29, 0.717) is 0 Å². The zero-order valence-electron chi connectivity index (χ0n) is 25.7. The van der Waals surface area contributed by atoms with Crippen molar-refractivity contribution in [3.8, 4) is 22.8 Å². The highest BCUT2D eigenvalue weighted by molar-refractivity contribution is 6.24. The Hall–Kier alpha value is -6.66. The lowest BCUT2D eigenvalue weighted by molar-refractivity contribution is 1.24. The number of aromatic nitrogens is 4. The van der Waals surface area contributed by atoms with Crippen molar-refractivity contribution in [2.24, 2.45) is 9.98 Å². The normalized spacial score (nSPS) is 12.4. The van der Waals surface area contributed by atoms with Gasteiger partial charge in [-0.15, -0.1) is 0 Å². The molecular formula is C42H26N6. The van der Waals surface area contributed by atoms with E-state index in [-0.39, 0.29) is 0 Å². The summed E-state index contributed by atoms with van der Waals surface area (Å²) in [6.45, 7) is 0. The van der Waals surface area contributed by atoms with E-state index >= 15 is 0 Å². The molecule has 9 rings (SSSR count). The van der Waals surface area contributed by atoms with Crippen LogP contribution in [0.4, 0.5) is 11.4 Å². The SMILES string of the molecule is c1ccc(-c2ccc(C3=Nc4cc5ccccc5cc4C(c4ccc(-c5ccccn5)nc4)=Nc4cc5ccccc5cc43)cn2)nc1. The minimum absolute atomic E-state index is 0.804. The van der Waals surface area contributed by atoms with Crippen molar-refractivity contribution < 1.29 is 0 Å². The zero-order valence-corrected chi connectivity index (χ0v) is 25.7. The van der Waals surface area contributed by atoms with Gasteiger partial charge in [0.2, 0.25) is 0 Å². The van der Waals surface area contributed by atoms with E-state index in [1.54, 1.807) is 12.4 Å². The number of pyridine rings is 4.